The molecule has 3 aromatic rings. The van der Waals surface area contributed by atoms with E-state index in [1.54, 1.807) is 41.2 Å². The lowest BCUT2D eigenvalue weighted by atomic mass is 10.2. The highest BCUT2D eigenvalue weighted by molar-refractivity contribution is 5.78. The van der Waals surface area contributed by atoms with Gasteiger partial charge in [0.2, 0.25) is 0 Å². The molecule has 1 aliphatic rings. The molecule has 23 heavy (non-hydrogen) atoms. The van der Waals surface area contributed by atoms with Crippen molar-refractivity contribution in [1.82, 2.24) is 9.55 Å². The number of hydrogen-bond donors (Lipinski definition) is 0. The van der Waals surface area contributed by atoms with Crippen LogP contribution < -0.4 is 10.3 Å². The summed E-state index contributed by atoms with van der Waals surface area (Å²) in [6.45, 7) is 0.266. The maximum atomic E-state index is 13.2. The second-order valence-electron chi connectivity index (χ2n) is 5.79. The predicted molar refractivity (Wildman–Crippen MR) is 85.0 cm³/mol. The van der Waals surface area contributed by atoms with Gasteiger partial charge in [-0.05, 0) is 42.7 Å². The first kappa shape index (κ1) is 13.9. The van der Waals surface area contributed by atoms with Crippen molar-refractivity contribution in [3.05, 3.63) is 70.5 Å². The third-order valence-electron chi connectivity index (χ3n) is 3.99. The Bertz CT molecular complexity index is 932. The van der Waals surface area contributed by atoms with Crippen molar-refractivity contribution in [2.24, 2.45) is 0 Å². The molecular weight excluding hydrogens is 295 g/mol. The molecule has 1 aliphatic carbocycles. The molecule has 0 aliphatic heterocycles. The van der Waals surface area contributed by atoms with Crippen LogP contribution in [0.5, 0.6) is 5.75 Å². The molecule has 0 amide bonds. The van der Waals surface area contributed by atoms with Crippen LogP contribution in [0.2, 0.25) is 0 Å². The molecule has 0 unspecified atom stereocenters. The summed E-state index contributed by atoms with van der Waals surface area (Å²) < 4.78 is 20.5. The Morgan fingerprint density at radius 1 is 1.22 bits per heavy atom. The summed E-state index contributed by atoms with van der Waals surface area (Å²) in [5, 5.41) is 0.595. The Morgan fingerprint density at radius 2 is 2.09 bits per heavy atom. The van der Waals surface area contributed by atoms with Gasteiger partial charge in [-0.2, -0.15) is 0 Å². The largest absolute Gasteiger partial charge is 0.489 e. The van der Waals surface area contributed by atoms with Crippen molar-refractivity contribution in [3.63, 3.8) is 0 Å². The van der Waals surface area contributed by atoms with Crippen LogP contribution in [0.4, 0.5) is 4.39 Å². The first-order valence-electron chi connectivity index (χ1n) is 7.59. The van der Waals surface area contributed by atoms with E-state index in [-0.39, 0.29) is 18.0 Å². The maximum absolute atomic E-state index is 13.2. The Labute approximate surface area is 132 Å². The highest BCUT2D eigenvalue weighted by Gasteiger charge is 2.25. The number of fused-ring (bicyclic) bond motifs is 1. The molecule has 0 atom stereocenters. The van der Waals surface area contributed by atoms with E-state index in [4.69, 9.17) is 4.74 Å². The summed E-state index contributed by atoms with van der Waals surface area (Å²) in [5.74, 6) is 0.324. The lowest BCUT2D eigenvalue weighted by Gasteiger charge is -2.08. The summed E-state index contributed by atoms with van der Waals surface area (Å²) >= 11 is 0. The van der Waals surface area contributed by atoms with Gasteiger partial charge in [0.15, 0.2) is 0 Å². The smallest absolute Gasteiger partial charge is 0.261 e. The number of aromatic nitrogens is 2. The number of rotatable bonds is 4. The first-order valence-corrected chi connectivity index (χ1v) is 7.59. The van der Waals surface area contributed by atoms with Gasteiger partial charge >= 0.3 is 0 Å². The second-order valence-corrected chi connectivity index (χ2v) is 5.79. The van der Waals surface area contributed by atoms with Crippen molar-refractivity contribution in [2.45, 2.75) is 25.5 Å². The van der Waals surface area contributed by atoms with Gasteiger partial charge in [0.1, 0.15) is 18.2 Å². The molecule has 4 nitrogen and oxygen atoms in total. The number of ether oxygens (including phenoxy) is 1. The van der Waals surface area contributed by atoms with Crippen LogP contribution in [0.15, 0.2) is 53.6 Å². The van der Waals surface area contributed by atoms with Crippen LogP contribution in [0, 0.1) is 5.82 Å². The van der Waals surface area contributed by atoms with E-state index in [1.165, 1.54) is 12.1 Å². The number of hydrogen-bond acceptors (Lipinski definition) is 3. The van der Waals surface area contributed by atoms with E-state index in [1.807, 2.05) is 0 Å². The van der Waals surface area contributed by atoms with Gasteiger partial charge in [-0.3, -0.25) is 9.36 Å². The van der Waals surface area contributed by atoms with Crippen LogP contribution in [0.25, 0.3) is 10.9 Å². The zero-order valence-corrected chi connectivity index (χ0v) is 12.4. The van der Waals surface area contributed by atoms with Gasteiger partial charge in [0, 0.05) is 12.1 Å². The Hall–Kier alpha value is -2.69. The molecule has 5 heteroatoms. The lowest BCUT2D eigenvalue weighted by Crippen LogP contribution is -2.19. The van der Waals surface area contributed by atoms with Gasteiger partial charge in [0.05, 0.1) is 17.2 Å². The van der Waals surface area contributed by atoms with Crippen LogP contribution in [-0.4, -0.2) is 9.55 Å². The van der Waals surface area contributed by atoms with Crippen molar-refractivity contribution < 1.29 is 9.13 Å². The van der Waals surface area contributed by atoms with Crippen molar-refractivity contribution in [3.8, 4) is 5.75 Å². The summed E-state index contributed by atoms with van der Waals surface area (Å²) in [6, 6.07) is 11.8. The third kappa shape index (κ3) is 2.82. The van der Waals surface area contributed by atoms with E-state index in [9.17, 15) is 9.18 Å². The fourth-order valence-electron chi connectivity index (χ4n) is 2.61. The fourth-order valence-corrected chi connectivity index (χ4v) is 2.61. The van der Waals surface area contributed by atoms with Gasteiger partial charge in [-0.25, -0.2) is 9.37 Å². The van der Waals surface area contributed by atoms with Gasteiger partial charge in [-0.15, -0.1) is 0 Å². The molecular formula is C18H15FN2O2. The quantitative estimate of drug-likeness (QED) is 0.741. The lowest BCUT2D eigenvalue weighted by molar-refractivity contribution is 0.306. The number of nitrogens with zero attached hydrogens (tertiary/aromatic N) is 2. The maximum Gasteiger partial charge on any atom is 0.261 e. The standard InChI is InChI=1S/C18H15FN2O2/c19-13-3-1-2-12(8-13)10-23-15-6-7-16-17(9-15)20-11-21(18(16)22)14-4-5-14/h1-3,6-9,11,14H,4-5,10H2. The molecule has 0 radical (unpaired) electrons. The van der Waals surface area contributed by atoms with Gasteiger partial charge in [0.25, 0.3) is 5.56 Å². The molecule has 1 heterocycles. The normalized spacial score (nSPS) is 14.1. The highest BCUT2D eigenvalue weighted by atomic mass is 19.1. The SMILES string of the molecule is O=c1c2ccc(OCc3cccc(F)c3)cc2ncn1C1CC1. The van der Waals surface area contributed by atoms with Crippen LogP contribution in [0.3, 0.4) is 0 Å². The molecule has 0 spiro atoms. The van der Waals surface area contributed by atoms with Crippen LogP contribution in [0.1, 0.15) is 24.4 Å². The molecule has 1 fully saturated rings. The summed E-state index contributed by atoms with van der Waals surface area (Å²) in [5.41, 5.74) is 1.36. The monoisotopic (exact) mass is 310 g/mol. The zero-order valence-electron chi connectivity index (χ0n) is 12.4. The molecule has 4 rings (SSSR count). The Morgan fingerprint density at radius 3 is 2.87 bits per heavy atom. The van der Waals surface area contributed by atoms with E-state index >= 15 is 0 Å². The van der Waals surface area contributed by atoms with Crippen molar-refractivity contribution >= 4 is 10.9 Å². The van der Waals surface area contributed by atoms with Crippen molar-refractivity contribution in [1.29, 1.82) is 0 Å². The van der Waals surface area contributed by atoms with Gasteiger partial charge < -0.3 is 4.74 Å². The van der Waals surface area contributed by atoms with Crippen LogP contribution >= 0.6 is 0 Å². The number of benzene rings is 2. The van der Waals surface area contributed by atoms with E-state index in [0.29, 0.717) is 22.7 Å². The minimum atomic E-state index is -0.285. The van der Waals surface area contributed by atoms with E-state index in [2.05, 4.69) is 4.98 Å². The fraction of sp³-hybridized carbons (Fsp3) is 0.222. The molecule has 116 valence electrons. The third-order valence-corrected chi connectivity index (χ3v) is 3.99. The molecule has 1 saturated carbocycles. The van der Waals surface area contributed by atoms with Crippen LogP contribution in [-0.2, 0) is 6.61 Å². The molecule has 2 aromatic carbocycles. The highest BCUT2D eigenvalue weighted by Crippen LogP contribution is 2.33. The van der Waals surface area contributed by atoms with Crippen molar-refractivity contribution in [2.75, 3.05) is 0 Å². The topological polar surface area (TPSA) is 44.1 Å². The Kier molecular flexibility index (Phi) is 3.33. The molecule has 0 saturated heterocycles. The van der Waals surface area contributed by atoms with Gasteiger partial charge in [-0.1, -0.05) is 12.1 Å². The average Bonchev–Trinajstić information content (AvgIpc) is 3.38. The number of halogens is 1. The molecule has 1 aromatic heterocycles. The molecule has 0 N–H and O–H groups in total. The summed E-state index contributed by atoms with van der Waals surface area (Å²) in [6.07, 6.45) is 3.70. The average molecular weight is 310 g/mol. The van der Waals surface area contributed by atoms with E-state index in [0.717, 1.165) is 18.4 Å². The minimum absolute atomic E-state index is 0.00539. The zero-order chi connectivity index (χ0) is 15.8. The second kappa shape index (κ2) is 5.50. The summed E-state index contributed by atoms with van der Waals surface area (Å²) in [7, 11) is 0. The molecule has 0 bridgehead atoms. The Balaban J connectivity index is 1.59. The first-order chi connectivity index (χ1) is 11.2. The minimum Gasteiger partial charge on any atom is -0.489 e. The van der Waals surface area contributed by atoms with E-state index < -0.39 is 0 Å². The summed E-state index contributed by atoms with van der Waals surface area (Å²) in [4.78, 5) is 16.7. The predicted octanol–water partition coefficient (Wildman–Crippen LogP) is 3.45.